The second kappa shape index (κ2) is 8.73. The van der Waals surface area contributed by atoms with Gasteiger partial charge in [-0.25, -0.2) is 0 Å². The third kappa shape index (κ3) is 4.37. The largest absolute Gasteiger partial charge is 0.496 e. The number of aryl methyl sites for hydroxylation is 2. The molecule has 0 unspecified atom stereocenters. The van der Waals surface area contributed by atoms with Crippen molar-refractivity contribution in [1.29, 1.82) is 0 Å². The van der Waals surface area contributed by atoms with Crippen LogP contribution in [0.1, 0.15) is 29.6 Å². The molecule has 0 fully saturated rings. The molecule has 0 atom stereocenters. The Kier molecular flexibility index (Phi) is 6.12. The number of aromatic nitrogens is 2. The Morgan fingerprint density at radius 2 is 2.07 bits per heavy atom. The van der Waals surface area contributed by atoms with E-state index in [1.54, 1.807) is 20.2 Å². The van der Waals surface area contributed by atoms with Gasteiger partial charge in [0.05, 0.1) is 30.6 Å². The SMILES string of the molecule is COc1cc(N(C)Cc2ccccn2)c(/C=C(/C)C=O)cc1-c1c(C)noc1C. The van der Waals surface area contributed by atoms with E-state index >= 15 is 0 Å². The average molecular weight is 391 g/mol. The van der Waals surface area contributed by atoms with E-state index in [0.29, 0.717) is 17.9 Å². The highest BCUT2D eigenvalue weighted by molar-refractivity contribution is 5.87. The van der Waals surface area contributed by atoms with Gasteiger partial charge in [0.25, 0.3) is 0 Å². The van der Waals surface area contributed by atoms with E-state index < -0.39 is 0 Å². The van der Waals surface area contributed by atoms with E-state index in [0.717, 1.165) is 45.8 Å². The van der Waals surface area contributed by atoms with Crippen molar-refractivity contribution in [2.75, 3.05) is 19.1 Å². The fourth-order valence-corrected chi connectivity index (χ4v) is 3.36. The number of carbonyl (C=O) groups is 1. The van der Waals surface area contributed by atoms with Crippen molar-refractivity contribution in [3.63, 3.8) is 0 Å². The quantitative estimate of drug-likeness (QED) is 0.433. The summed E-state index contributed by atoms with van der Waals surface area (Å²) in [5, 5.41) is 4.07. The minimum Gasteiger partial charge on any atom is -0.496 e. The van der Waals surface area contributed by atoms with Gasteiger partial charge in [-0.05, 0) is 56.2 Å². The molecule has 0 saturated carbocycles. The molecule has 29 heavy (non-hydrogen) atoms. The van der Waals surface area contributed by atoms with Gasteiger partial charge in [-0.3, -0.25) is 9.78 Å². The maximum absolute atomic E-state index is 11.3. The lowest BCUT2D eigenvalue weighted by Crippen LogP contribution is -2.18. The van der Waals surface area contributed by atoms with Crippen LogP contribution in [0.15, 0.2) is 46.6 Å². The maximum Gasteiger partial charge on any atom is 0.145 e. The molecule has 0 radical (unpaired) electrons. The molecule has 0 bridgehead atoms. The van der Waals surface area contributed by atoms with Crippen LogP contribution in [-0.2, 0) is 11.3 Å². The second-order valence-corrected chi connectivity index (χ2v) is 6.99. The third-order valence-corrected chi connectivity index (χ3v) is 4.76. The van der Waals surface area contributed by atoms with Crippen LogP contribution in [0, 0.1) is 13.8 Å². The van der Waals surface area contributed by atoms with Gasteiger partial charge < -0.3 is 14.2 Å². The zero-order valence-electron chi connectivity index (χ0n) is 17.4. The van der Waals surface area contributed by atoms with Crippen molar-refractivity contribution >= 4 is 18.0 Å². The van der Waals surface area contributed by atoms with E-state index in [9.17, 15) is 4.79 Å². The highest BCUT2D eigenvalue weighted by Crippen LogP contribution is 2.40. The van der Waals surface area contributed by atoms with Gasteiger partial charge in [0, 0.05) is 30.6 Å². The Balaban J connectivity index is 2.15. The number of allylic oxidation sites excluding steroid dienone is 1. The number of rotatable bonds is 7. The van der Waals surface area contributed by atoms with Crippen molar-refractivity contribution in [2.45, 2.75) is 27.3 Å². The molecule has 150 valence electrons. The normalized spacial score (nSPS) is 11.4. The van der Waals surface area contributed by atoms with E-state index in [1.165, 1.54) is 0 Å². The lowest BCUT2D eigenvalue weighted by molar-refractivity contribution is -0.104. The van der Waals surface area contributed by atoms with Crippen LogP contribution in [-0.4, -0.2) is 30.6 Å². The number of aldehydes is 1. The monoisotopic (exact) mass is 391 g/mol. The molecule has 0 spiro atoms. The Bertz CT molecular complexity index is 1020. The third-order valence-electron chi connectivity index (χ3n) is 4.76. The van der Waals surface area contributed by atoms with Crippen LogP contribution in [0.4, 0.5) is 5.69 Å². The summed E-state index contributed by atoms with van der Waals surface area (Å²) in [7, 11) is 3.64. The van der Waals surface area contributed by atoms with Gasteiger partial charge >= 0.3 is 0 Å². The maximum atomic E-state index is 11.3. The van der Waals surface area contributed by atoms with E-state index in [4.69, 9.17) is 9.26 Å². The summed E-state index contributed by atoms with van der Waals surface area (Å²) in [6.45, 7) is 6.19. The fourth-order valence-electron chi connectivity index (χ4n) is 3.36. The fraction of sp³-hybridized carbons (Fsp3) is 0.261. The zero-order chi connectivity index (χ0) is 21.0. The lowest BCUT2D eigenvalue weighted by atomic mass is 9.97. The molecule has 0 amide bonds. The molecule has 0 N–H and O–H groups in total. The number of anilines is 1. The summed E-state index contributed by atoms with van der Waals surface area (Å²) < 4.78 is 11.1. The Hall–Kier alpha value is -3.41. The van der Waals surface area contributed by atoms with Crippen LogP contribution >= 0.6 is 0 Å². The van der Waals surface area contributed by atoms with Gasteiger partial charge in [-0.15, -0.1) is 0 Å². The number of pyridine rings is 1. The first-order valence-electron chi connectivity index (χ1n) is 9.34. The van der Waals surface area contributed by atoms with Gasteiger partial charge in [-0.1, -0.05) is 11.2 Å². The van der Waals surface area contributed by atoms with Crippen molar-refractivity contribution in [3.8, 4) is 16.9 Å². The van der Waals surface area contributed by atoms with E-state index in [1.807, 2.05) is 57.3 Å². The molecule has 2 heterocycles. The number of benzene rings is 1. The van der Waals surface area contributed by atoms with Crippen molar-refractivity contribution < 1.29 is 14.1 Å². The zero-order valence-corrected chi connectivity index (χ0v) is 17.4. The molecule has 3 rings (SSSR count). The van der Waals surface area contributed by atoms with Gasteiger partial charge in [0.1, 0.15) is 17.8 Å². The van der Waals surface area contributed by atoms with E-state index in [-0.39, 0.29) is 0 Å². The number of carbonyl (C=O) groups excluding carboxylic acids is 1. The van der Waals surface area contributed by atoms with Crippen LogP contribution in [0.2, 0.25) is 0 Å². The Morgan fingerprint density at radius 3 is 2.66 bits per heavy atom. The molecule has 6 heteroatoms. The molecular weight excluding hydrogens is 366 g/mol. The average Bonchev–Trinajstić information content (AvgIpc) is 3.06. The molecule has 0 saturated heterocycles. The van der Waals surface area contributed by atoms with Gasteiger partial charge in [0.15, 0.2) is 0 Å². The minimum absolute atomic E-state index is 0.621. The summed E-state index contributed by atoms with van der Waals surface area (Å²) >= 11 is 0. The number of nitrogens with zero attached hydrogens (tertiary/aromatic N) is 3. The highest BCUT2D eigenvalue weighted by Gasteiger charge is 2.20. The topological polar surface area (TPSA) is 68.5 Å². The molecule has 3 aromatic rings. The van der Waals surface area contributed by atoms with Crippen LogP contribution in [0.5, 0.6) is 5.75 Å². The number of ether oxygens (including phenoxy) is 1. The molecular formula is C23H25N3O3. The predicted molar refractivity (Wildman–Crippen MR) is 114 cm³/mol. The van der Waals surface area contributed by atoms with Crippen molar-refractivity contribution in [3.05, 3.63) is 64.8 Å². The second-order valence-electron chi connectivity index (χ2n) is 6.99. The summed E-state index contributed by atoms with van der Waals surface area (Å²) in [4.78, 5) is 17.8. The molecule has 1 aromatic carbocycles. The standard InChI is InChI=1S/C23H25N3O3/c1-15(14-27)10-18-11-20(23-16(2)25-29-17(23)3)22(28-5)12-21(18)26(4)13-19-8-6-7-9-24-19/h6-12,14H,13H2,1-5H3/b15-10-. The van der Waals surface area contributed by atoms with E-state index in [2.05, 4.69) is 15.0 Å². The van der Waals surface area contributed by atoms with Crippen LogP contribution in [0.3, 0.4) is 0 Å². The van der Waals surface area contributed by atoms with Gasteiger partial charge in [-0.2, -0.15) is 0 Å². The molecule has 0 aliphatic carbocycles. The molecule has 0 aliphatic rings. The van der Waals surface area contributed by atoms with Gasteiger partial charge in [0.2, 0.25) is 0 Å². The molecule has 2 aromatic heterocycles. The summed E-state index contributed by atoms with van der Waals surface area (Å²) in [6.07, 6.45) is 4.50. The highest BCUT2D eigenvalue weighted by atomic mass is 16.5. The summed E-state index contributed by atoms with van der Waals surface area (Å²) in [5.41, 5.74) is 5.99. The van der Waals surface area contributed by atoms with Crippen molar-refractivity contribution in [1.82, 2.24) is 10.1 Å². The smallest absolute Gasteiger partial charge is 0.145 e. The first-order valence-corrected chi connectivity index (χ1v) is 9.34. The molecule has 6 nitrogen and oxygen atoms in total. The number of methoxy groups -OCH3 is 1. The number of hydrogen-bond donors (Lipinski definition) is 0. The Morgan fingerprint density at radius 1 is 1.28 bits per heavy atom. The minimum atomic E-state index is 0.621. The lowest BCUT2D eigenvalue weighted by Gasteiger charge is -2.23. The first kappa shape index (κ1) is 20.3. The first-order chi connectivity index (χ1) is 13.9. The molecule has 0 aliphatic heterocycles. The number of hydrogen-bond acceptors (Lipinski definition) is 6. The predicted octanol–water partition coefficient (Wildman–Crippen LogP) is 4.60. The summed E-state index contributed by atoms with van der Waals surface area (Å²) in [6, 6.07) is 9.84. The van der Waals surface area contributed by atoms with Crippen LogP contribution < -0.4 is 9.64 Å². The van der Waals surface area contributed by atoms with Crippen molar-refractivity contribution in [2.24, 2.45) is 0 Å². The summed E-state index contributed by atoms with van der Waals surface area (Å²) in [5.74, 6) is 1.43. The van der Waals surface area contributed by atoms with Crippen LogP contribution in [0.25, 0.3) is 17.2 Å². The Labute approximate surface area is 170 Å².